The van der Waals surface area contributed by atoms with Crippen LogP contribution in [0.4, 0.5) is 5.69 Å². The Labute approximate surface area is 343 Å². The summed E-state index contributed by atoms with van der Waals surface area (Å²) in [5.41, 5.74) is 6.51. The number of sulfonamides is 1. The molecule has 13 heteroatoms. The molecule has 0 radical (unpaired) electrons. The van der Waals surface area contributed by atoms with Gasteiger partial charge in [-0.1, -0.05) is 96.6 Å². The van der Waals surface area contributed by atoms with Crippen molar-refractivity contribution in [2.24, 2.45) is 0 Å². The third-order valence-electron chi connectivity index (χ3n) is 11.3. The Bertz CT molecular complexity index is 2520. The number of rotatable bonds is 13. The van der Waals surface area contributed by atoms with Gasteiger partial charge in [0.05, 0.1) is 34.7 Å². The van der Waals surface area contributed by atoms with Crippen molar-refractivity contribution in [2.45, 2.75) is 74.7 Å². The van der Waals surface area contributed by atoms with Crippen molar-refractivity contribution in [3.05, 3.63) is 166 Å². The molecule has 12 nitrogen and oxygen atoms in total. The van der Waals surface area contributed by atoms with Crippen LogP contribution in [-0.2, 0) is 37.3 Å². The summed E-state index contributed by atoms with van der Waals surface area (Å²) in [7, 11) is -4.00. The van der Waals surface area contributed by atoms with Crippen LogP contribution in [0.5, 0.6) is 0 Å². The average Bonchev–Trinajstić information content (AvgIpc) is 3.60. The van der Waals surface area contributed by atoms with Crippen LogP contribution >= 0.6 is 0 Å². The van der Waals surface area contributed by atoms with Gasteiger partial charge in [-0.05, 0) is 79.3 Å². The molecule has 0 saturated carbocycles. The van der Waals surface area contributed by atoms with Crippen LogP contribution in [0.3, 0.4) is 0 Å². The van der Waals surface area contributed by atoms with Crippen LogP contribution in [-0.4, -0.2) is 65.7 Å². The number of para-hydroxylation sites is 2. The average molecular weight is 816 g/mol. The number of aliphatic hydroxyl groups is 1. The number of amides is 1. The number of nitrogens with zero attached hydrogens (tertiary/aromatic N) is 2. The van der Waals surface area contributed by atoms with E-state index >= 15 is 0 Å². The van der Waals surface area contributed by atoms with Gasteiger partial charge >= 0.3 is 5.69 Å². The number of aromatic amines is 1. The summed E-state index contributed by atoms with van der Waals surface area (Å²) >= 11 is 0. The van der Waals surface area contributed by atoms with Crippen molar-refractivity contribution in [2.75, 3.05) is 25.0 Å². The fourth-order valence-electron chi connectivity index (χ4n) is 8.08. The lowest BCUT2D eigenvalue weighted by atomic mass is 9.98. The van der Waals surface area contributed by atoms with E-state index in [1.807, 2.05) is 102 Å². The predicted molar refractivity (Wildman–Crippen MR) is 226 cm³/mol. The van der Waals surface area contributed by atoms with Gasteiger partial charge in [0.15, 0.2) is 6.29 Å². The van der Waals surface area contributed by atoms with Crippen LogP contribution in [0.15, 0.2) is 137 Å². The summed E-state index contributed by atoms with van der Waals surface area (Å²) < 4.78 is 44.6. The minimum Gasteiger partial charge on any atom is -0.392 e. The topological polar surface area (TPSA) is 155 Å². The van der Waals surface area contributed by atoms with E-state index in [0.717, 1.165) is 64.8 Å². The summed E-state index contributed by atoms with van der Waals surface area (Å²) in [4.78, 5) is 32.1. The first-order chi connectivity index (χ1) is 28.6. The number of likely N-dealkylation sites (tertiary alicyclic amines) is 1. The van der Waals surface area contributed by atoms with E-state index in [1.54, 1.807) is 24.3 Å². The zero-order valence-corrected chi connectivity index (χ0v) is 33.7. The van der Waals surface area contributed by atoms with Crippen molar-refractivity contribution in [3.8, 4) is 0 Å². The standard InChI is InChI=1S/C46H49N5O7S/c1-31-11-21-39(22-12-31)59(55,56)49-41(27-32-7-3-2-4-8-32)44(53)47-36-19-17-35(18-20-36)45-57-38(28-43(58-45)34-15-13-33(30-52)14-16-34)29-50-25-23-37(24-26-50)51-42-10-6-5-9-40(42)48-46(51)54/h2-22,37-38,41,43,45,49,52H,23-30H2,1H3,(H,47,53)(H,48,54)/t38-,41+,43+,45+/m0/s1. The number of carbonyl (C=O) groups is 1. The zero-order chi connectivity index (χ0) is 40.9. The van der Waals surface area contributed by atoms with Gasteiger partial charge in [0, 0.05) is 43.3 Å². The van der Waals surface area contributed by atoms with Gasteiger partial charge in [-0.2, -0.15) is 4.72 Å². The molecule has 0 bridgehead atoms. The van der Waals surface area contributed by atoms with Gasteiger partial charge in [0.2, 0.25) is 15.9 Å². The van der Waals surface area contributed by atoms with Crippen molar-refractivity contribution >= 4 is 32.7 Å². The van der Waals surface area contributed by atoms with Crippen molar-refractivity contribution in [1.82, 2.24) is 19.2 Å². The number of hydrogen-bond acceptors (Lipinski definition) is 8. The van der Waals surface area contributed by atoms with Crippen LogP contribution in [0.25, 0.3) is 11.0 Å². The minimum absolute atomic E-state index is 0.0463. The molecule has 4 N–H and O–H groups in total. The molecule has 1 aromatic heterocycles. The number of anilines is 1. The van der Waals surface area contributed by atoms with Gasteiger partial charge in [0.25, 0.3) is 0 Å². The first-order valence-corrected chi connectivity index (χ1v) is 21.6. The van der Waals surface area contributed by atoms with Crippen LogP contribution in [0.1, 0.15) is 65.5 Å². The second kappa shape index (κ2) is 17.8. The number of aliphatic hydroxyl groups excluding tert-OH is 1. The summed E-state index contributed by atoms with van der Waals surface area (Å²) in [5, 5.41) is 12.6. The third kappa shape index (κ3) is 9.57. The number of aryl methyl sites for hydroxylation is 1. The van der Waals surface area contributed by atoms with Crippen LogP contribution in [0.2, 0.25) is 0 Å². The number of ether oxygens (including phenoxy) is 2. The van der Waals surface area contributed by atoms with Crippen molar-refractivity contribution in [1.29, 1.82) is 0 Å². The lowest BCUT2D eigenvalue weighted by molar-refractivity contribution is -0.253. The van der Waals surface area contributed by atoms with E-state index in [4.69, 9.17) is 9.47 Å². The number of aromatic nitrogens is 2. The van der Waals surface area contributed by atoms with E-state index in [2.05, 4.69) is 19.9 Å². The lowest BCUT2D eigenvalue weighted by Gasteiger charge is -2.40. The number of H-pyrrole nitrogens is 1. The van der Waals surface area contributed by atoms with E-state index < -0.39 is 28.3 Å². The third-order valence-corrected chi connectivity index (χ3v) is 12.8. The molecule has 5 aromatic carbocycles. The quantitative estimate of drug-likeness (QED) is 0.103. The second-order valence-electron chi connectivity index (χ2n) is 15.5. The molecule has 306 valence electrons. The maximum atomic E-state index is 13.8. The molecule has 2 aliphatic rings. The highest BCUT2D eigenvalue weighted by molar-refractivity contribution is 7.89. The van der Waals surface area contributed by atoms with E-state index in [1.165, 1.54) is 12.1 Å². The molecule has 2 saturated heterocycles. The number of nitrogens with one attached hydrogen (secondary N) is 3. The molecular weight excluding hydrogens is 767 g/mol. The lowest BCUT2D eigenvalue weighted by Crippen LogP contribution is -2.45. The first-order valence-electron chi connectivity index (χ1n) is 20.1. The fourth-order valence-corrected chi connectivity index (χ4v) is 9.28. The summed E-state index contributed by atoms with van der Waals surface area (Å²) in [6.07, 6.45) is 1.33. The molecule has 1 amide bonds. The van der Waals surface area contributed by atoms with E-state index in [-0.39, 0.29) is 41.9 Å². The fraction of sp³-hybridized carbons (Fsp3) is 0.304. The summed E-state index contributed by atoms with van der Waals surface area (Å²) in [5.74, 6) is -0.493. The molecular formula is C46H49N5O7S. The molecule has 2 fully saturated rings. The number of hydrogen-bond donors (Lipinski definition) is 4. The van der Waals surface area contributed by atoms with Gasteiger partial charge in [-0.25, -0.2) is 13.2 Å². The van der Waals surface area contributed by atoms with Crippen molar-refractivity contribution in [3.63, 3.8) is 0 Å². The Morgan fingerprint density at radius 1 is 0.831 bits per heavy atom. The molecule has 0 unspecified atom stereocenters. The van der Waals surface area contributed by atoms with E-state index in [0.29, 0.717) is 18.7 Å². The first kappa shape index (κ1) is 40.4. The van der Waals surface area contributed by atoms with Crippen LogP contribution in [0, 0.1) is 6.92 Å². The highest BCUT2D eigenvalue weighted by atomic mass is 32.2. The highest BCUT2D eigenvalue weighted by Gasteiger charge is 2.35. The monoisotopic (exact) mass is 815 g/mol. The number of fused-ring (bicyclic) bond motifs is 1. The molecule has 4 atom stereocenters. The Morgan fingerprint density at radius 2 is 1.51 bits per heavy atom. The molecule has 3 heterocycles. The summed E-state index contributed by atoms with van der Waals surface area (Å²) in [6, 6.07) is 37.6. The Morgan fingerprint density at radius 3 is 2.22 bits per heavy atom. The second-order valence-corrected chi connectivity index (χ2v) is 17.2. The highest BCUT2D eigenvalue weighted by Crippen LogP contribution is 2.39. The maximum absolute atomic E-state index is 13.8. The Balaban J connectivity index is 0.961. The summed E-state index contributed by atoms with van der Waals surface area (Å²) in [6.45, 7) is 4.16. The maximum Gasteiger partial charge on any atom is 0.326 e. The molecule has 8 rings (SSSR count). The van der Waals surface area contributed by atoms with E-state index in [9.17, 15) is 23.1 Å². The number of piperidine rings is 1. The SMILES string of the molecule is Cc1ccc(S(=O)(=O)N[C@H](Cc2ccccc2)C(=O)Nc2ccc([C@@H]3O[C@H](CN4CCC(n5c(=O)[nH]c6ccccc65)CC4)C[C@H](c4ccc(CO)cc4)O3)cc2)cc1. The van der Waals surface area contributed by atoms with Gasteiger partial charge in [-0.3, -0.25) is 9.36 Å². The van der Waals surface area contributed by atoms with Gasteiger partial charge < -0.3 is 29.8 Å². The van der Waals surface area contributed by atoms with Crippen LogP contribution < -0.4 is 15.7 Å². The largest absolute Gasteiger partial charge is 0.392 e. The van der Waals surface area contributed by atoms with Gasteiger partial charge in [0.1, 0.15) is 6.04 Å². The molecule has 59 heavy (non-hydrogen) atoms. The minimum atomic E-state index is -4.00. The smallest absolute Gasteiger partial charge is 0.326 e. The van der Waals surface area contributed by atoms with Crippen molar-refractivity contribution < 1.29 is 27.8 Å². The Hall–Kier alpha value is -5.41. The number of imidazole rings is 1. The van der Waals surface area contributed by atoms with Gasteiger partial charge in [-0.15, -0.1) is 0 Å². The predicted octanol–water partition coefficient (Wildman–Crippen LogP) is 6.54. The normalized spacial score (nSPS) is 19.7. The Kier molecular flexibility index (Phi) is 12.2. The molecule has 0 spiro atoms. The number of carbonyl (C=O) groups excluding carboxylic acids is 1. The number of benzene rings is 5. The molecule has 2 aliphatic heterocycles. The molecule has 6 aromatic rings. The molecule has 0 aliphatic carbocycles. The zero-order valence-electron chi connectivity index (χ0n) is 32.9.